The summed E-state index contributed by atoms with van der Waals surface area (Å²) in [6.07, 6.45) is 0. The molecule has 0 heterocycles. The van der Waals surface area contributed by atoms with Gasteiger partial charge in [0.15, 0.2) is 11.5 Å². The molecule has 0 radical (unpaired) electrons. The molecule has 214 valence electrons. The topological polar surface area (TPSA) is 105 Å². The summed E-state index contributed by atoms with van der Waals surface area (Å²) in [4.78, 5) is 28.1. The number of anilines is 1. The third-order valence-electron chi connectivity index (χ3n) is 6.36. The van der Waals surface area contributed by atoms with Crippen LogP contribution in [-0.2, 0) is 26.2 Å². The van der Waals surface area contributed by atoms with Gasteiger partial charge in [-0.1, -0.05) is 47.5 Å². The molecule has 0 aliphatic rings. The fourth-order valence-corrected chi connectivity index (χ4v) is 5.66. The van der Waals surface area contributed by atoms with Gasteiger partial charge in [0.1, 0.15) is 12.6 Å². The minimum absolute atomic E-state index is 0.00115. The molecule has 0 aromatic heterocycles. The molecular weight excluding hydrogens is 554 g/mol. The van der Waals surface area contributed by atoms with E-state index in [2.05, 4.69) is 5.32 Å². The first-order valence-corrected chi connectivity index (χ1v) is 14.5. The average Bonchev–Trinajstić information content (AvgIpc) is 2.94. The molecule has 3 aromatic carbocycles. The highest BCUT2D eigenvalue weighted by atomic mass is 35.5. The molecule has 11 heteroatoms. The number of amides is 2. The highest BCUT2D eigenvalue weighted by Gasteiger charge is 2.33. The highest BCUT2D eigenvalue weighted by Crippen LogP contribution is 2.34. The van der Waals surface area contributed by atoms with Crippen LogP contribution >= 0.6 is 11.6 Å². The summed E-state index contributed by atoms with van der Waals surface area (Å²) < 4.78 is 39.6. The minimum Gasteiger partial charge on any atom is -0.493 e. The van der Waals surface area contributed by atoms with Gasteiger partial charge in [0.25, 0.3) is 10.0 Å². The summed E-state index contributed by atoms with van der Waals surface area (Å²) >= 11 is 6.38. The molecule has 0 saturated heterocycles. The van der Waals surface area contributed by atoms with E-state index in [1.54, 1.807) is 56.3 Å². The first kappa shape index (κ1) is 30.8. The normalized spacial score (nSPS) is 11.8. The van der Waals surface area contributed by atoms with Gasteiger partial charge in [0, 0.05) is 24.2 Å². The van der Waals surface area contributed by atoms with Crippen molar-refractivity contribution in [3.8, 4) is 11.5 Å². The number of sulfonamides is 1. The van der Waals surface area contributed by atoms with Crippen molar-refractivity contribution in [2.24, 2.45) is 0 Å². The Kier molecular flexibility index (Phi) is 10.4. The SMILES string of the molecule is CCNC(=O)[C@H](C)N(Cc1ccccc1Cl)C(=O)CN(c1ccc(OC)c(OC)c1)S(=O)(=O)c1ccc(C)cc1. The van der Waals surface area contributed by atoms with Crippen LogP contribution in [0.25, 0.3) is 0 Å². The largest absolute Gasteiger partial charge is 0.493 e. The van der Waals surface area contributed by atoms with Crippen molar-refractivity contribution in [1.82, 2.24) is 10.2 Å². The lowest BCUT2D eigenvalue weighted by atomic mass is 10.1. The van der Waals surface area contributed by atoms with Crippen LogP contribution in [-0.4, -0.2) is 58.5 Å². The number of ether oxygens (including phenoxy) is 2. The van der Waals surface area contributed by atoms with Crippen molar-refractivity contribution < 1.29 is 27.5 Å². The Labute approximate surface area is 240 Å². The molecule has 0 aliphatic carbocycles. The summed E-state index contributed by atoms with van der Waals surface area (Å²) in [5.74, 6) is -0.276. The van der Waals surface area contributed by atoms with Crippen molar-refractivity contribution in [1.29, 1.82) is 0 Å². The van der Waals surface area contributed by atoms with Crippen LogP contribution in [0, 0.1) is 6.92 Å². The molecule has 0 aliphatic heterocycles. The summed E-state index contributed by atoms with van der Waals surface area (Å²) in [5.41, 5.74) is 1.69. The number of halogens is 1. The van der Waals surface area contributed by atoms with Crippen molar-refractivity contribution >= 4 is 39.1 Å². The van der Waals surface area contributed by atoms with E-state index in [1.165, 1.54) is 43.4 Å². The Bertz CT molecular complexity index is 1450. The first-order valence-electron chi connectivity index (χ1n) is 12.7. The van der Waals surface area contributed by atoms with Crippen molar-refractivity contribution in [2.75, 3.05) is 31.6 Å². The Morgan fingerprint density at radius 3 is 2.23 bits per heavy atom. The number of likely N-dealkylation sites (N-methyl/N-ethyl adjacent to an activating group) is 1. The van der Waals surface area contributed by atoms with Gasteiger partial charge in [0.05, 0.1) is 24.8 Å². The maximum absolute atomic E-state index is 14.0. The zero-order valence-electron chi connectivity index (χ0n) is 23.2. The van der Waals surface area contributed by atoms with E-state index in [4.69, 9.17) is 21.1 Å². The third kappa shape index (κ3) is 7.05. The van der Waals surface area contributed by atoms with E-state index in [0.717, 1.165) is 9.87 Å². The number of carbonyl (C=O) groups excluding carboxylic acids is 2. The Morgan fingerprint density at radius 1 is 0.975 bits per heavy atom. The van der Waals surface area contributed by atoms with Crippen LogP contribution in [0.4, 0.5) is 5.69 Å². The lowest BCUT2D eigenvalue weighted by Crippen LogP contribution is -2.51. The predicted molar refractivity (Wildman–Crippen MR) is 155 cm³/mol. The van der Waals surface area contributed by atoms with Gasteiger partial charge in [-0.05, 0) is 56.7 Å². The standard InChI is InChI=1S/C29H34ClN3O6S/c1-6-31-29(35)21(3)32(18-22-9-7-8-10-25(22)30)28(34)19-33(23-13-16-26(38-4)27(17-23)39-5)40(36,37)24-14-11-20(2)12-15-24/h7-17,21H,6,18-19H2,1-5H3,(H,31,35)/t21-/m0/s1. The van der Waals surface area contributed by atoms with Crippen LogP contribution in [0.5, 0.6) is 11.5 Å². The van der Waals surface area contributed by atoms with E-state index >= 15 is 0 Å². The Morgan fingerprint density at radius 2 is 1.62 bits per heavy atom. The van der Waals surface area contributed by atoms with Gasteiger partial charge >= 0.3 is 0 Å². The molecule has 0 unspecified atom stereocenters. The number of benzene rings is 3. The molecule has 1 atom stereocenters. The second kappa shape index (κ2) is 13.5. The summed E-state index contributed by atoms with van der Waals surface area (Å²) in [6.45, 7) is 5.01. The van der Waals surface area contributed by atoms with Gasteiger partial charge in [-0.25, -0.2) is 8.42 Å². The molecule has 9 nitrogen and oxygen atoms in total. The zero-order valence-corrected chi connectivity index (χ0v) is 24.8. The number of carbonyl (C=O) groups is 2. The van der Waals surface area contributed by atoms with Crippen LogP contribution < -0.4 is 19.1 Å². The van der Waals surface area contributed by atoms with E-state index in [9.17, 15) is 18.0 Å². The van der Waals surface area contributed by atoms with Crippen molar-refractivity contribution in [3.05, 3.63) is 82.9 Å². The molecular formula is C29H34ClN3O6S. The van der Waals surface area contributed by atoms with Crippen LogP contribution in [0.2, 0.25) is 5.02 Å². The van der Waals surface area contributed by atoms with Gasteiger partial charge in [0.2, 0.25) is 11.8 Å². The van der Waals surface area contributed by atoms with Crippen molar-refractivity contribution in [2.45, 2.75) is 38.3 Å². The number of methoxy groups -OCH3 is 2. The number of nitrogens with one attached hydrogen (secondary N) is 1. The van der Waals surface area contributed by atoms with Crippen molar-refractivity contribution in [3.63, 3.8) is 0 Å². The van der Waals surface area contributed by atoms with Crippen LogP contribution in [0.15, 0.2) is 71.6 Å². The maximum atomic E-state index is 14.0. The van der Waals surface area contributed by atoms with E-state index in [1.807, 2.05) is 6.92 Å². The van der Waals surface area contributed by atoms with Gasteiger partial charge in [-0.2, -0.15) is 0 Å². The Balaban J connectivity index is 2.10. The number of aryl methyl sites for hydroxylation is 1. The number of rotatable bonds is 12. The second-order valence-electron chi connectivity index (χ2n) is 9.05. The van der Waals surface area contributed by atoms with E-state index < -0.39 is 28.5 Å². The fourth-order valence-electron chi connectivity index (χ4n) is 4.06. The highest BCUT2D eigenvalue weighted by molar-refractivity contribution is 7.92. The maximum Gasteiger partial charge on any atom is 0.264 e. The molecule has 2 amide bonds. The molecule has 0 saturated carbocycles. The van der Waals surface area contributed by atoms with Crippen LogP contribution in [0.3, 0.4) is 0 Å². The van der Waals surface area contributed by atoms with E-state index in [-0.39, 0.29) is 23.0 Å². The minimum atomic E-state index is -4.22. The predicted octanol–water partition coefficient (Wildman–Crippen LogP) is 4.41. The summed E-state index contributed by atoms with van der Waals surface area (Å²) in [5, 5.41) is 3.15. The molecule has 1 N–H and O–H groups in total. The van der Waals surface area contributed by atoms with Gasteiger partial charge < -0.3 is 19.7 Å². The smallest absolute Gasteiger partial charge is 0.264 e. The summed E-state index contributed by atoms with van der Waals surface area (Å²) in [7, 11) is -1.31. The molecule has 40 heavy (non-hydrogen) atoms. The van der Waals surface area contributed by atoms with Gasteiger partial charge in [-0.15, -0.1) is 0 Å². The molecule has 0 bridgehead atoms. The fraction of sp³-hybridized carbons (Fsp3) is 0.310. The zero-order chi connectivity index (χ0) is 29.4. The van der Waals surface area contributed by atoms with Gasteiger partial charge in [-0.3, -0.25) is 13.9 Å². The lowest BCUT2D eigenvalue weighted by molar-refractivity contribution is -0.139. The monoisotopic (exact) mass is 587 g/mol. The third-order valence-corrected chi connectivity index (χ3v) is 8.52. The lowest BCUT2D eigenvalue weighted by Gasteiger charge is -2.32. The second-order valence-corrected chi connectivity index (χ2v) is 11.3. The number of nitrogens with zero attached hydrogens (tertiary/aromatic N) is 2. The Hall–Kier alpha value is -3.76. The molecule has 3 aromatic rings. The molecule has 0 spiro atoms. The number of hydrogen-bond donors (Lipinski definition) is 1. The first-order chi connectivity index (χ1) is 19.0. The summed E-state index contributed by atoms with van der Waals surface area (Å²) in [6, 6.07) is 17.0. The van der Waals surface area contributed by atoms with E-state index in [0.29, 0.717) is 28.6 Å². The molecule has 0 fully saturated rings. The quantitative estimate of drug-likeness (QED) is 0.336. The molecule has 3 rings (SSSR count). The number of hydrogen-bond acceptors (Lipinski definition) is 6. The average molecular weight is 588 g/mol. The van der Waals surface area contributed by atoms with Crippen LogP contribution in [0.1, 0.15) is 25.0 Å².